The molecular formula is C11H19P. The van der Waals surface area contributed by atoms with Crippen LogP contribution >= 0.6 is 7.92 Å². The van der Waals surface area contributed by atoms with Crippen molar-refractivity contribution in [3.63, 3.8) is 0 Å². The molecule has 12 heavy (non-hydrogen) atoms. The van der Waals surface area contributed by atoms with E-state index in [2.05, 4.69) is 12.7 Å². The zero-order valence-corrected chi connectivity index (χ0v) is 8.73. The van der Waals surface area contributed by atoms with Crippen molar-refractivity contribution >= 4 is 7.92 Å². The van der Waals surface area contributed by atoms with Gasteiger partial charge in [-0.2, -0.15) is 0 Å². The topological polar surface area (TPSA) is 0 Å². The van der Waals surface area contributed by atoms with Crippen molar-refractivity contribution in [2.75, 3.05) is 6.16 Å². The van der Waals surface area contributed by atoms with Crippen LogP contribution in [0.5, 0.6) is 0 Å². The average Bonchev–Trinajstić information content (AvgIpc) is 2.04. The summed E-state index contributed by atoms with van der Waals surface area (Å²) in [6.45, 7) is 3.90. The third-order valence-corrected chi connectivity index (χ3v) is 7.02. The lowest BCUT2D eigenvalue weighted by molar-refractivity contribution is 0.476. The molecule has 0 aromatic heterocycles. The molecule has 2 bridgehead atoms. The lowest BCUT2D eigenvalue weighted by atomic mass is 9.99. The smallest absolute Gasteiger partial charge is 0.0142 e. The summed E-state index contributed by atoms with van der Waals surface area (Å²) in [4.78, 5) is 0. The summed E-state index contributed by atoms with van der Waals surface area (Å²) >= 11 is 0. The summed E-state index contributed by atoms with van der Waals surface area (Å²) in [5, 5.41) is 0. The molecule has 0 atom stereocenters. The Morgan fingerprint density at radius 3 is 2.00 bits per heavy atom. The Bertz CT molecular complexity index is 142. The molecular weight excluding hydrogens is 163 g/mol. The van der Waals surface area contributed by atoms with Gasteiger partial charge < -0.3 is 0 Å². The molecule has 0 spiro atoms. The Hall–Kier alpha value is 0.170. The van der Waals surface area contributed by atoms with Crippen molar-refractivity contribution in [1.82, 2.24) is 0 Å². The number of hydrogen-bond acceptors (Lipinski definition) is 0. The first-order chi connectivity index (χ1) is 5.92. The summed E-state index contributed by atoms with van der Waals surface area (Å²) in [6.07, 6.45) is 12.7. The largest absolute Gasteiger partial charge is 0.103 e. The molecule has 0 unspecified atom stereocenters. The van der Waals surface area contributed by atoms with E-state index in [0.717, 1.165) is 11.3 Å². The highest BCUT2D eigenvalue weighted by Gasteiger charge is 2.34. The monoisotopic (exact) mass is 182 g/mol. The second-order valence-corrected chi connectivity index (χ2v) is 7.01. The first-order valence-corrected chi connectivity index (χ1v) is 6.95. The lowest BCUT2D eigenvalue weighted by Crippen LogP contribution is -2.27. The maximum atomic E-state index is 3.90. The van der Waals surface area contributed by atoms with Crippen LogP contribution in [0.15, 0.2) is 12.7 Å². The van der Waals surface area contributed by atoms with Crippen LogP contribution in [0.1, 0.15) is 38.5 Å². The number of fused-ring (bicyclic) bond motifs is 2. The molecule has 2 aliphatic heterocycles. The zero-order valence-electron chi connectivity index (χ0n) is 7.84. The van der Waals surface area contributed by atoms with Gasteiger partial charge in [0.1, 0.15) is 0 Å². The van der Waals surface area contributed by atoms with Crippen LogP contribution in [0, 0.1) is 0 Å². The Morgan fingerprint density at radius 2 is 1.58 bits per heavy atom. The standard InChI is InChI=1S/C11H19P/c1-2-9-12-10-5-3-6-11(12)8-4-7-10/h2,10-11H,1,3-9H2. The molecule has 0 saturated carbocycles. The summed E-state index contributed by atoms with van der Waals surface area (Å²) in [7, 11) is 0.372. The molecule has 0 nitrogen and oxygen atoms in total. The molecule has 1 heteroatoms. The predicted octanol–water partition coefficient (Wildman–Crippen LogP) is 3.76. The van der Waals surface area contributed by atoms with Crippen molar-refractivity contribution in [3.05, 3.63) is 12.7 Å². The van der Waals surface area contributed by atoms with E-state index in [1.165, 1.54) is 44.7 Å². The molecule has 0 N–H and O–H groups in total. The molecule has 2 heterocycles. The fourth-order valence-corrected chi connectivity index (χ4v) is 6.42. The lowest BCUT2D eigenvalue weighted by Gasteiger charge is -2.42. The van der Waals surface area contributed by atoms with Crippen molar-refractivity contribution in [3.8, 4) is 0 Å². The third-order valence-electron chi connectivity index (χ3n) is 3.43. The van der Waals surface area contributed by atoms with Gasteiger partial charge in [0.05, 0.1) is 0 Å². The van der Waals surface area contributed by atoms with Crippen molar-refractivity contribution in [2.45, 2.75) is 49.8 Å². The van der Waals surface area contributed by atoms with Gasteiger partial charge in [0.25, 0.3) is 0 Å². The molecule has 2 fully saturated rings. The first-order valence-electron chi connectivity index (χ1n) is 5.28. The highest BCUT2D eigenvalue weighted by Crippen LogP contribution is 2.59. The predicted molar refractivity (Wildman–Crippen MR) is 57.3 cm³/mol. The zero-order chi connectivity index (χ0) is 8.39. The minimum atomic E-state index is 0.372. The SMILES string of the molecule is C=CCP1C2CCCC1CCC2. The van der Waals surface area contributed by atoms with Gasteiger partial charge in [0.15, 0.2) is 0 Å². The summed E-state index contributed by atoms with van der Waals surface area (Å²) in [5.74, 6) is 0. The van der Waals surface area contributed by atoms with Gasteiger partial charge in [-0.1, -0.05) is 26.8 Å². The van der Waals surface area contributed by atoms with Crippen LogP contribution in [0.3, 0.4) is 0 Å². The minimum Gasteiger partial charge on any atom is -0.103 e. The highest BCUT2D eigenvalue weighted by atomic mass is 31.1. The van der Waals surface area contributed by atoms with E-state index in [4.69, 9.17) is 0 Å². The fraction of sp³-hybridized carbons (Fsp3) is 0.818. The molecule has 0 radical (unpaired) electrons. The molecule has 0 aromatic carbocycles. The van der Waals surface area contributed by atoms with Crippen LogP contribution in [-0.4, -0.2) is 17.5 Å². The van der Waals surface area contributed by atoms with Crippen molar-refractivity contribution in [2.24, 2.45) is 0 Å². The number of hydrogen-bond donors (Lipinski definition) is 0. The summed E-state index contributed by atoms with van der Waals surface area (Å²) in [5.41, 5.74) is 2.26. The average molecular weight is 182 g/mol. The van der Waals surface area contributed by atoms with Crippen LogP contribution in [0.2, 0.25) is 0 Å². The van der Waals surface area contributed by atoms with Crippen LogP contribution in [-0.2, 0) is 0 Å². The van der Waals surface area contributed by atoms with Gasteiger partial charge in [0.2, 0.25) is 0 Å². The highest BCUT2D eigenvalue weighted by molar-refractivity contribution is 7.59. The normalized spacial score (nSPS) is 40.8. The first kappa shape index (κ1) is 8.75. The summed E-state index contributed by atoms with van der Waals surface area (Å²) in [6, 6.07) is 0. The maximum absolute atomic E-state index is 3.90. The van der Waals surface area contributed by atoms with Gasteiger partial charge in [-0.15, -0.1) is 6.58 Å². The molecule has 2 rings (SSSR count). The van der Waals surface area contributed by atoms with Gasteiger partial charge in [-0.05, 0) is 43.2 Å². The van der Waals surface area contributed by atoms with Gasteiger partial charge in [-0.25, -0.2) is 0 Å². The van der Waals surface area contributed by atoms with E-state index in [1.54, 1.807) is 0 Å². The second kappa shape index (κ2) is 3.92. The second-order valence-electron chi connectivity index (χ2n) is 4.15. The number of rotatable bonds is 2. The molecule has 2 aliphatic rings. The van der Waals surface area contributed by atoms with E-state index < -0.39 is 0 Å². The van der Waals surface area contributed by atoms with Crippen LogP contribution < -0.4 is 0 Å². The molecule has 0 aliphatic carbocycles. The van der Waals surface area contributed by atoms with E-state index in [1.807, 2.05) is 0 Å². The van der Waals surface area contributed by atoms with Gasteiger partial charge in [-0.3, -0.25) is 0 Å². The molecule has 68 valence electrons. The Morgan fingerprint density at radius 1 is 1.08 bits per heavy atom. The quantitative estimate of drug-likeness (QED) is 0.450. The minimum absolute atomic E-state index is 0.372. The van der Waals surface area contributed by atoms with Gasteiger partial charge in [0, 0.05) is 0 Å². The number of allylic oxidation sites excluding steroid dienone is 1. The van der Waals surface area contributed by atoms with Gasteiger partial charge >= 0.3 is 0 Å². The van der Waals surface area contributed by atoms with Crippen molar-refractivity contribution < 1.29 is 0 Å². The molecule has 2 saturated heterocycles. The Labute approximate surface area is 77.2 Å². The van der Waals surface area contributed by atoms with E-state index in [-0.39, 0.29) is 0 Å². The Kier molecular flexibility index (Phi) is 2.86. The maximum Gasteiger partial charge on any atom is -0.0142 e. The van der Waals surface area contributed by atoms with E-state index in [9.17, 15) is 0 Å². The Balaban J connectivity index is 2.03. The van der Waals surface area contributed by atoms with Crippen molar-refractivity contribution in [1.29, 1.82) is 0 Å². The van der Waals surface area contributed by atoms with Crippen LogP contribution in [0.25, 0.3) is 0 Å². The molecule has 0 aromatic rings. The molecule has 0 amide bonds. The summed E-state index contributed by atoms with van der Waals surface area (Å²) < 4.78 is 0. The third kappa shape index (κ3) is 1.59. The van der Waals surface area contributed by atoms with E-state index in [0.29, 0.717) is 7.92 Å². The van der Waals surface area contributed by atoms with E-state index >= 15 is 0 Å². The fourth-order valence-electron chi connectivity index (χ4n) is 2.88. The van der Waals surface area contributed by atoms with Crippen LogP contribution in [0.4, 0.5) is 0 Å².